The van der Waals surface area contributed by atoms with Crippen molar-refractivity contribution in [3.8, 4) is 17.6 Å². The summed E-state index contributed by atoms with van der Waals surface area (Å²) in [5.41, 5.74) is -0.627. The van der Waals surface area contributed by atoms with Gasteiger partial charge in [-0.25, -0.2) is 8.78 Å². The molecule has 1 N–H and O–H groups in total. The number of aromatic hydroxyl groups is 1. The van der Waals surface area contributed by atoms with Crippen LogP contribution in [0.3, 0.4) is 0 Å². The van der Waals surface area contributed by atoms with Crippen LogP contribution in [0, 0.1) is 23.0 Å². The summed E-state index contributed by atoms with van der Waals surface area (Å²) in [4.78, 5) is 0. The van der Waals surface area contributed by atoms with Gasteiger partial charge >= 0.3 is 0 Å². The van der Waals surface area contributed by atoms with Crippen LogP contribution in [0.5, 0.6) is 11.5 Å². The molecular formula is C8H5F2NO2. The number of phenolic OH excluding ortho intramolecular Hbond substituents is 1. The third-order valence-corrected chi connectivity index (χ3v) is 1.48. The third-order valence-electron chi connectivity index (χ3n) is 1.48. The van der Waals surface area contributed by atoms with Crippen LogP contribution in [0.1, 0.15) is 5.56 Å². The minimum Gasteiger partial charge on any atom is -0.503 e. The Morgan fingerprint density at radius 1 is 1.46 bits per heavy atom. The summed E-state index contributed by atoms with van der Waals surface area (Å²) in [6.45, 7) is 0. The van der Waals surface area contributed by atoms with Crippen LogP contribution in [0.2, 0.25) is 0 Å². The summed E-state index contributed by atoms with van der Waals surface area (Å²) in [6, 6.07) is 1.88. The average Bonchev–Trinajstić information content (AvgIpc) is 2.04. The molecule has 0 amide bonds. The smallest absolute Gasteiger partial charge is 0.198 e. The van der Waals surface area contributed by atoms with Gasteiger partial charge < -0.3 is 9.84 Å². The lowest BCUT2D eigenvalue weighted by molar-refractivity contribution is 0.346. The molecule has 0 unspecified atom stereocenters. The second-order valence-electron chi connectivity index (χ2n) is 2.21. The van der Waals surface area contributed by atoms with E-state index in [2.05, 4.69) is 4.74 Å². The molecular weight excluding hydrogens is 180 g/mol. The van der Waals surface area contributed by atoms with Crippen molar-refractivity contribution in [2.75, 3.05) is 7.11 Å². The summed E-state index contributed by atoms with van der Waals surface area (Å²) >= 11 is 0. The van der Waals surface area contributed by atoms with Crippen molar-refractivity contribution in [3.63, 3.8) is 0 Å². The van der Waals surface area contributed by atoms with E-state index < -0.39 is 28.7 Å². The normalized spacial score (nSPS) is 9.38. The molecule has 0 aliphatic carbocycles. The summed E-state index contributed by atoms with van der Waals surface area (Å²) in [5.74, 6) is -3.50. The van der Waals surface area contributed by atoms with E-state index in [4.69, 9.17) is 10.4 Å². The van der Waals surface area contributed by atoms with Crippen LogP contribution in [0.25, 0.3) is 0 Å². The van der Waals surface area contributed by atoms with Crippen LogP contribution < -0.4 is 4.74 Å². The van der Waals surface area contributed by atoms with E-state index >= 15 is 0 Å². The van der Waals surface area contributed by atoms with Crippen molar-refractivity contribution >= 4 is 0 Å². The zero-order valence-corrected chi connectivity index (χ0v) is 6.64. The third kappa shape index (κ3) is 1.38. The van der Waals surface area contributed by atoms with Crippen LogP contribution >= 0.6 is 0 Å². The van der Waals surface area contributed by atoms with E-state index in [1.807, 2.05) is 0 Å². The summed E-state index contributed by atoms with van der Waals surface area (Å²) in [5, 5.41) is 17.5. The molecule has 13 heavy (non-hydrogen) atoms. The van der Waals surface area contributed by atoms with Gasteiger partial charge in [0, 0.05) is 6.07 Å². The highest BCUT2D eigenvalue weighted by atomic mass is 19.1. The minimum atomic E-state index is -1.11. The number of hydrogen-bond donors (Lipinski definition) is 1. The van der Waals surface area contributed by atoms with Gasteiger partial charge in [0.1, 0.15) is 17.4 Å². The van der Waals surface area contributed by atoms with Gasteiger partial charge in [-0.05, 0) is 0 Å². The number of nitrogens with zero attached hydrogens (tertiary/aromatic N) is 1. The minimum absolute atomic E-state index is 0.483. The van der Waals surface area contributed by atoms with Gasteiger partial charge in [-0.3, -0.25) is 0 Å². The van der Waals surface area contributed by atoms with E-state index in [1.54, 1.807) is 0 Å². The van der Waals surface area contributed by atoms with E-state index in [9.17, 15) is 8.78 Å². The molecule has 3 nitrogen and oxygen atoms in total. The molecule has 0 saturated heterocycles. The number of nitriles is 1. The van der Waals surface area contributed by atoms with Crippen LogP contribution in [0.15, 0.2) is 6.07 Å². The lowest BCUT2D eigenvalue weighted by Gasteiger charge is -2.05. The Morgan fingerprint density at radius 2 is 2.08 bits per heavy atom. The van der Waals surface area contributed by atoms with Gasteiger partial charge in [0.15, 0.2) is 17.3 Å². The Labute approximate surface area is 72.8 Å². The first-order valence-electron chi connectivity index (χ1n) is 3.26. The number of benzene rings is 1. The Balaban J connectivity index is 3.51. The molecule has 0 fully saturated rings. The van der Waals surface area contributed by atoms with Gasteiger partial charge in [-0.15, -0.1) is 0 Å². The Kier molecular flexibility index (Phi) is 2.33. The molecule has 0 radical (unpaired) electrons. The largest absolute Gasteiger partial charge is 0.503 e. The monoisotopic (exact) mass is 185 g/mol. The molecule has 0 bridgehead atoms. The van der Waals surface area contributed by atoms with Crippen molar-refractivity contribution in [1.29, 1.82) is 5.26 Å². The number of halogens is 2. The maximum absolute atomic E-state index is 12.8. The second-order valence-corrected chi connectivity index (χ2v) is 2.21. The standard InChI is InChI=1S/C8H5F2NO2/c1-13-8-6(10)2-5(9)4(3-11)7(8)12/h2,12H,1H3. The Morgan fingerprint density at radius 3 is 2.54 bits per heavy atom. The molecule has 0 aliphatic heterocycles. The number of ether oxygens (including phenoxy) is 1. The van der Waals surface area contributed by atoms with Crippen molar-refractivity contribution < 1.29 is 18.6 Å². The van der Waals surface area contributed by atoms with E-state index in [0.29, 0.717) is 6.07 Å². The first-order valence-corrected chi connectivity index (χ1v) is 3.26. The van der Waals surface area contributed by atoms with Crippen LogP contribution in [0.4, 0.5) is 8.78 Å². The number of hydrogen-bond acceptors (Lipinski definition) is 3. The molecule has 68 valence electrons. The number of phenols is 1. The van der Waals surface area contributed by atoms with Crippen LogP contribution in [-0.4, -0.2) is 12.2 Å². The molecule has 5 heteroatoms. The quantitative estimate of drug-likeness (QED) is 0.722. The molecule has 0 saturated carbocycles. The average molecular weight is 185 g/mol. The Bertz CT molecular complexity index is 385. The number of methoxy groups -OCH3 is 1. The van der Waals surface area contributed by atoms with Crippen molar-refractivity contribution in [3.05, 3.63) is 23.3 Å². The fourth-order valence-corrected chi connectivity index (χ4v) is 0.889. The SMILES string of the molecule is COc1c(F)cc(F)c(C#N)c1O. The topological polar surface area (TPSA) is 53.2 Å². The Hall–Kier alpha value is -1.83. The molecule has 0 aromatic heterocycles. The molecule has 0 atom stereocenters. The highest BCUT2D eigenvalue weighted by molar-refractivity contribution is 5.52. The fraction of sp³-hybridized carbons (Fsp3) is 0.125. The predicted molar refractivity (Wildman–Crippen MR) is 39.3 cm³/mol. The van der Waals surface area contributed by atoms with Gasteiger partial charge in [0.25, 0.3) is 0 Å². The van der Waals surface area contributed by atoms with Crippen molar-refractivity contribution in [2.45, 2.75) is 0 Å². The highest BCUT2D eigenvalue weighted by Crippen LogP contribution is 2.33. The zero-order valence-electron chi connectivity index (χ0n) is 6.64. The van der Waals surface area contributed by atoms with E-state index in [-0.39, 0.29) is 0 Å². The lowest BCUT2D eigenvalue weighted by atomic mass is 10.2. The zero-order chi connectivity index (χ0) is 10.0. The predicted octanol–water partition coefficient (Wildman–Crippen LogP) is 1.55. The van der Waals surface area contributed by atoms with Crippen molar-refractivity contribution in [1.82, 2.24) is 0 Å². The molecule has 1 aromatic rings. The lowest BCUT2D eigenvalue weighted by Crippen LogP contribution is -1.94. The van der Waals surface area contributed by atoms with E-state index in [1.165, 1.54) is 6.07 Å². The number of rotatable bonds is 1. The maximum atomic E-state index is 12.8. The molecule has 0 heterocycles. The van der Waals surface area contributed by atoms with Crippen LogP contribution in [-0.2, 0) is 0 Å². The fourth-order valence-electron chi connectivity index (χ4n) is 0.889. The second kappa shape index (κ2) is 3.27. The highest BCUT2D eigenvalue weighted by Gasteiger charge is 2.18. The molecule has 0 aliphatic rings. The van der Waals surface area contributed by atoms with Gasteiger partial charge in [0.2, 0.25) is 0 Å². The van der Waals surface area contributed by atoms with Crippen molar-refractivity contribution in [2.24, 2.45) is 0 Å². The maximum Gasteiger partial charge on any atom is 0.198 e. The van der Waals surface area contributed by atoms with Gasteiger partial charge in [-0.1, -0.05) is 0 Å². The molecule has 0 spiro atoms. The summed E-state index contributed by atoms with van der Waals surface area (Å²) in [6.07, 6.45) is 0. The van der Waals surface area contributed by atoms with Gasteiger partial charge in [-0.2, -0.15) is 5.26 Å². The molecule has 1 aromatic carbocycles. The first kappa shape index (κ1) is 9.26. The summed E-state index contributed by atoms with van der Waals surface area (Å²) < 4.78 is 30.0. The van der Waals surface area contributed by atoms with Gasteiger partial charge in [0.05, 0.1) is 7.11 Å². The first-order chi connectivity index (χ1) is 6.11. The van der Waals surface area contributed by atoms with E-state index in [0.717, 1.165) is 7.11 Å². The molecule has 1 rings (SSSR count). The summed E-state index contributed by atoms with van der Waals surface area (Å²) in [7, 11) is 1.11.